The number of nitrogens with zero attached hydrogens (tertiary/aromatic N) is 2. The van der Waals surface area contributed by atoms with E-state index in [4.69, 9.17) is 15.1 Å². The summed E-state index contributed by atoms with van der Waals surface area (Å²) in [5.74, 6) is 7.08. The number of aryl methyl sites for hydroxylation is 4. The number of aliphatic imine (C=N–C) groups is 1. The molecule has 1 aromatic heterocycles. The van der Waals surface area contributed by atoms with Gasteiger partial charge in [-0.15, -0.1) is 0 Å². The second-order valence-electron chi connectivity index (χ2n) is 9.71. The first-order chi connectivity index (χ1) is 18.1. The Morgan fingerprint density at radius 3 is 2.26 bits per heavy atom. The van der Waals surface area contributed by atoms with Gasteiger partial charge in [0.15, 0.2) is 0 Å². The van der Waals surface area contributed by atoms with E-state index in [1.807, 2.05) is 38.3 Å². The van der Waals surface area contributed by atoms with Gasteiger partial charge in [0.05, 0.1) is 18.8 Å². The van der Waals surface area contributed by atoms with E-state index in [1.165, 1.54) is 28.7 Å². The standard InChI is InChI=1S/C22H29N3.C12H18O/c1-7-9-10-11-12-19(8-2)24-14-20(16(3)4)22-13-17(5)21(15-25-22)18(6)23;1-5-6-11-7-9(2)10(3)8-12(11)13-4/h11-15,19,23H,7-8H2,1-6H3;7-8H,5-6H2,1-4H3/b12-11-,23-18?,24-14?;. The maximum absolute atomic E-state index is 7.80. The van der Waals surface area contributed by atoms with Crippen molar-refractivity contribution >= 4 is 17.5 Å². The van der Waals surface area contributed by atoms with Gasteiger partial charge >= 0.3 is 0 Å². The van der Waals surface area contributed by atoms with Crippen LogP contribution in [0.5, 0.6) is 5.75 Å². The lowest BCUT2D eigenvalue weighted by molar-refractivity contribution is 0.409. The van der Waals surface area contributed by atoms with Crippen LogP contribution in [0.25, 0.3) is 5.57 Å². The van der Waals surface area contributed by atoms with Crippen molar-refractivity contribution in [1.82, 2.24) is 4.98 Å². The van der Waals surface area contributed by atoms with Crippen LogP contribution in [0.3, 0.4) is 0 Å². The van der Waals surface area contributed by atoms with E-state index < -0.39 is 0 Å². The Balaban J connectivity index is 0.000000464. The molecule has 0 spiro atoms. The number of allylic oxidation sites excluding steroid dienone is 3. The van der Waals surface area contributed by atoms with Gasteiger partial charge in [0.25, 0.3) is 0 Å². The van der Waals surface area contributed by atoms with Gasteiger partial charge in [-0.05, 0) is 94.8 Å². The first-order valence-corrected chi connectivity index (χ1v) is 13.6. The van der Waals surface area contributed by atoms with Crippen LogP contribution in [-0.4, -0.2) is 30.1 Å². The highest BCUT2D eigenvalue weighted by Gasteiger charge is 2.08. The summed E-state index contributed by atoms with van der Waals surface area (Å²) in [6.45, 7) is 18.5. The smallest absolute Gasteiger partial charge is 0.122 e. The SMILES string of the molecule is CCC#C/C=C\C(CC)N=CC(=C(C)C)c1cc(C)c(C(C)=N)cn1.CCCc1cc(C)c(C)cc1OC. The molecule has 0 saturated carbocycles. The number of methoxy groups -OCH3 is 1. The van der Waals surface area contributed by atoms with Crippen molar-refractivity contribution in [2.75, 3.05) is 7.11 Å². The Morgan fingerprint density at radius 1 is 1.05 bits per heavy atom. The molecule has 1 unspecified atom stereocenters. The average molecular weight is 514 g/mol. The number of ether oxygens (including phenoxy) is 1. The second kappa shape index (κ2) is 17.1. The summed E-state index contributed by atoms with van der Waals surface area (Å²) in [5.41, 5.74) is 9.56. The van der Waals surface area contributed by atoms with Crippen molar-refractivity contribution < 1.29 is 4.74 Å². The summed E-state index contributed by atoms with van der Waals surface area (Å²) in [6.07, 6.45) is 11.7. The number of hydrogen-bond donors (Lipinski definition) is 1. The zero-order valence-electron chi connectivity index (χ0n) is 25.2. The Kier molecular flexibility index (Phi) is 14.7. The Labute approximate surface area is 231 Å². The minimum atomic E-state index is 0.115. The molecule has 0 amide bonds. The lowest BCUT2D eigenvalue weighted by atomic mass is 10.0. The molecule has 0 radical (unpaired) electrons. The summed E-state index contributed by atoms with van der Waals surface area (Å²) >= 11 is 0. The fourth-order valence-corrected chi connectivity index (χ4v) is 3.83. The van der Waals surface area contributed by atoms with Crippen LogP contribution in [-0.2, 0) is 6.42 Å². The third kappa shape index (κ3) is 10.5. The van der Waals surface area contributed by atoms with Crippen LogP contribution in [0.2, 0.25) is 0 Å². The largest absolute Gasteiger partial charge is 0.496 e. The molecule has 4 nitrogen and oxygen atoms in total. The summed E-state index contributed by atoms with van der Waals surface area (Å²) in [6, 6.07) is 6.51. The number of nitrogens with one attached hydrogen (secondary N) is 1. The van der Waals surface area contributed by atoms with Gasteiger partial charge in [0.1, 0.15) is 5.75 Å². The summed E-state index contributed by atoms with van der Waals surface area (Å²) < 4.78 is 5.33. The average Bonchev–Trinajstić information content (AvgIpc) is 2.87. The van der Waals surface area contributed by atoms with Gasteiger partial charge in [0.2, 0.25) is 0 Å². The number of pyridine rings is 1. The normalized spacial score (nSPS) is 11.4. The van der Waals surface area contributed by atoms with E-state index in [2.05, 4.69) is 70.5 Å². The van der Waals surface area contributed by atoms with E-state index in [0.29, 0.717) is 5.71 Å². The van der Waals surface area contributed by atoms with Crippen molar-refractivity contribution in [3.63, 3.8) is 0 Å². The first-order valence-electron chi connectivity index (χ1n) is 13.6. The van der Waals surface area contributed by atoms with Gasteiger partial charge in [-0.2, -0.15) is 0 Å². The molecular formula is C34H47N3O. The van der Waals surface area contributed by atoms with Gasteiger partial charge in [-0.25, -0.2) is 0 Å². The molecule has 0 aliphatic heterocycles. The summed E-state index contributed by atoms with van der Waals surface area (Å²) in [4.78, 5) is 9.25. The van der Waals surface area contributed by atoms with Gasteiger partial charge < -0.3 is 10.1 Å². The summed E-state index contributed by atoms with van der Waals surface area (Å²) in [7, 11) is 1.74. The molecule has 1 N–H and O–H groups in total. The Morgan fingerprint density at radius 2 is 1.74 bits per heavy atom. The van der Waals surface area contributed by atoms with E-state index >= 15 is 0 Å². The van der Waals surface area contributed by atoms with Crippen LogP contribution in [0, 0.1) is 38.0 Å². The molecular weight excluding hydrogens is 466 g/mol. The number of hydrogen-bond acceptors (Lipinski definition) is 4. The number of benzene rings is 1. The molecule has 1 atom stereocenters. The third-order valence-corrected chi connectivity index (χ3v) is 6.24. The van der Waals surface area contributed by atoms with Crippen LogP contribution < -0.4 is 4.74 Å². The molecule has 2 rings (SSSR count). The maximum Gasteiger partial charge on any atom is 0.122 e. The summed E-state index contributed by atoms with van der Waals surface area (Å²) in [5, 5.41) is 7.80. The van der Waals surface area contributed by atoms with Crippen LogP contribution in [0.4, 0.5) is 0 Å². The lowest BCUT2D eigenvalue weighted by Crippen LogP contribution is -2.03. The molecule has 0 saturated heterocycles. The topological polar surface area (TPSA) is 58.3 Å². The molecule has 1 aromatic carbocycles. The molecule has 2 aromatic rings. The molecule has 0 bridgehead atoms. The number of aromatic nitrogens is 1. The molecule has 0 aliphatic rings. The zero-order valence-corrected chi connectivity index (χ0v) is 25.2. The fraction of sp³-hybridized carbons (Fsp3) is 0.441. The monoisotopic (exact) mass is 513 g/mol. The molecule has 0 aliphatic carbocycles. The van der Waals surface area contributed by atoms with Crippen LogP contribution >= 0.6 is 0 Å². The van der Waals surface area contributed by atoms with Gasteiger partial charge in [0, 0.05) is 35.7 Å². The third-order valence-electron chi connectivity index (χ3n) is 6.24. The predicted octanol–water partition coefficient (Wildman–Crippen LogP) is 8.65. The predicted molar refractivity (Wildman–Crippen MR) is 166 cm³/mol. The maximum atomic E-state index is 7.80. The highest BCUT2D eigenvalue weighted by atomic mass is 16.5. The van der Waals surface area contributed by atoms with Crippen LogP contribution in [0.1, 0.15) is 94.3 Å². The van der Waals surface area contributed by atoms with E-state index in [9.17, 15) is 0 Å². The van der Waals surface area contributed by atoms with Crippen molar-refractivity contribution in [3.8, 4) is 17.6 Å². The molecule has 0 fully saturated rings. The highest BCUT2D eigenvalue weighted by molar-refractivity contribution is 6.10. The molecule has 1 heterocycles. The second-order valence-corrected chi connectivity index (χ2v) is 9.71. The van der Waals surface area contributed by atoms with Crippen molar-refractivity contribution in [2.45, 2.75) is 94.0 Å². The van der Waals surface area contributed by atoms with E-state index in [0.717, 1.165) is 47.4 Å². The molecule has 204 valence electrons. The van der Waals surface area contributed by atoms with Gasteiger partial charge in [-0.1, -0.05) is 56.7 Å². The first kappa shape index (κ1) is 32.6. The van der Waals surface area contributed by atoms with Crippen molar-refractivity contribution in [1.29, 1.82) is 5.41 Å². The fourth-order valence-electron chi connectivity index (χ4n) is 3.83. The van der Waals surface area contributed by atoms with Crippen molar-refractivity contribution in [3.05, 3.63) is 75.6 Å². The van der Waals surface area contributed by atoms with Crippen LogP contribution in [0.15, 0.2) is 47.1 Å². The Hall–Kier alpha value is -3.45. The highest BCUT2D eigenvalue weighted by Crippen LogP contribution is 2.24. The lowest BCUT2D eigenvalue weighted by Gasteiger charge is -2.10. The van der Waals surface area contributed by atoms with Gasteiger partial charge in [-0.3, -0.25) is 9.98 Å². The number of rotatable bonds is 9. The minimum Gasteiger partial charge on any atom is -0.496 e. The zero-order chi connectivity index (χ0) is 28.7. The van der Waals surface area contributed by atoms with E-state index in [-0.39, 0.29) is 6.04 Å². The Bertz CT molecular complexity index is 1220. The quantitative estimate of drug-likeness (QED) is 0.269. The van der Waals surface area contributed by atoms with E-state index in [1.54, 1.807) is 20.2 Å². The molecule has 4 heteroatoms. The minimum absolute atomic E-state index is 0.115. The van der Waals surface area contributed by atoms with Crippen molar-refractivity contribution in [2.24, 2.45) is 4.99 Å². The molecule has 38 heavy (non-hydrogen) atoms.